The zero-order valence-corrected chi connectivity index (χ0v) is 8.41. The van der Waals surface area contributed by atoms with Crippen molar-refractivity contribution in [2.75, 3.05) is 6.26 Å². The summed E-state index contributed by atoms with van der Waals surface area (Å²) in [5, 5.41) is -0.298. The Morgan fingerprint density at radius 2 is 1.86 bits per heavy atom. The molecular formula is C7H8N2O4S. The van der Waals surface area contributed by atoms with E-state index in [4.69, 9.17) is 0 Å². The van der Waals surface area contributed by atoms with Crippen molar-refractivity contribution in [3.63, 3.8) is 0 Å². The fourth-order valence-electron chi connectivity index (χ4n) is 0.714. The smallest absolute Gasteiger partial charge is 0.308 e. The van der Waals surface area contributed by atoms with Crippen molar-refractivity contribution in [2.24, 2.45) is 0 Å². The van der Waals surface area contributed by atoms with Crippen LogP contribution in [0.4, 0.5) is 0 Å². The topological polar surface area (TPSA) is 86.2 Å². The minimum atomic E-state index is -3.41. The molecule has 0 unspecified atom stereocenters. The molecule has 1 rings (SSSR count). The molecular weight excluding hydrogens is 208 g/mol. The Labute approximate surface area is 80.9 Å². The lowest BCUT2D eigenvalue weighted by atomic mass is 10.6. The molecule has 1 aromatic heterocycles. The van der Waals surface area contributed by atoms with Gasteiger partial charge in [-0.3, -0.25) is 4.79 Å². The summed E-state index contributed by atoms with van der Waals surface area (Å²) >= 11 is 0. The summed E-state index contributed by atoms with van der Waals surface area (Å²) in [4.78, 5) is 17.6. The van der Waals surface area contributed by atoms with Crippen LogP contribution in [0, 0.1) is 0 Å². The second-order valence-electron chi connectivity index (χ2n) is 2.57. The Balaban J connectivity index is 2.95. The zero-order valence-electron chi connectivity index (χ0n) is 7.59. The predicted molar refractivity (Wildman–Crippen MR) is 46.5 cm³/mol. The zero-order chi connectivity index (χ0) is 10.8. The SMILES string of the molecule is CC(=O)Oc1cnc(S(C)(=O)=O)nc1. The van der Waals surface area contributed by atoms with Gasteiger partial charge in [0.1, 0.15) is 0 Å². The summed E-state index contributed by atoms with van der Waals surface area (Å²) in [6.45, 7) is 1.23. The van der Waals surface area contributed by atoms with Crippen LogP contribution in [-0.4, -0.2) is 30.6 Å². The van der Waals surface area contributed by atoms with Crippen LogP contribution in [0.5, 0.6) is 5.75 Å². The summed E-state index contributed by atoms with van der Waals surface area (Å²) in [5.74, 6) is -0.398. The summed E-state index contributed by atoms with van der Waals surface area (Å²) in [7, 11) is -3.41. The lowest BCUT2D eigenvalue weighted by Crippen LogP contribution is -2.06. The van der Waals surface area contributed by atoms with Crippen molar-refractivity contribution in [2.45, 2.75) is 12.1 Å². The van der Waals surface area contributed by atoms with Gasteiger partial charge in [-0.05, 0) is 0 Å². The van der Waals surface area contributed by atoms with Gasteiger partial charge in [0, 0.05) is 13.2 Å². The van der Waals surface area contributed by atoms with Crippen LogP contribution in [0.1, 0.15) is 6.92 Å². The highest BCUT2D eigenvalue weighted by Crippen LogP contribution is 2.08. The first-order chi connectivity index (χ1) is 6.39. The average molecular weight is 216 g/mol. The highest BCUT2D eigenvalue weighted by atomic mass is 32.2. The summed E-state index contributed by atoms with van der Waals surface area (Å²) in [6.07, 6.45) is 3.25. The number of sulfone groups is 1. The van der Waals surface area contributed by atoms with Crippen molar-refractivity contribution in [1.29, 1.82) is 0 Å². The fourth-order valence-corrected chi connectivity index (χ4v) is 1.20. The molecule has 0 aliphatic rings. The molecule has 0 amide bonds. The van der Waals surface area contributed by atoms with Crippen molar-refractivity contribution in [3.05, 3.63) is 12.4 Å². The maximum atomic E-state index is 10.9. The predicted octanol–water partition coefficient (Wildman–Crippen LogP) is -0.195. The van der Waals surface area contributed by atoms with Gasteiger partial charge in [0.05, 0.1) is 12.4 Å². The molecule has 7 heteroatoms. The lowest BCUT2D eigenvalue weighted by Gasteiger charge is -1.99. The van der Waals surface area contributed by atoms with Gasteiger partial charge in [-0.1, -0.05) is 0 Å². The van der Waals surface area contributed by atoms with Crippen LogP contribution in [0.25, 0.3) is 0 Å². The molecule has 1 aromatic rings. The number of esters is 1. The Bertz CT molecular complexity index is 437. The normalized spacial score (nSPS) is 11.0. The number of aromatic nitrogens is 2. The number of ether oxygens (including phenoxy) is 1. The number of rotatable bonds is 2. The van der Waals surface area contributed by atoms with E-state index in [1.807, 2.05) is 0 Å². The van der Waals surface area contributed by atoms with Gasteiger partial charge >= 0.3 is 5.97 Å². The molecule has 0 aliphatic heterocycles. The second-order valence-corrected chi connectivity index (χ2v) is 4.48. The van der Waals surface area contributed by atoms with Gasteiger partial charge in [-0.15, -0.1) is 0 Å². The molecule has 0 bridgehead atoms. The number of hydrogen-bond acceptors (Lipinski definition) is 6. The molecule has 14 heavy (non-hydrogen) atoms. The standard InChI is InChI=1S/C7H8N2O4S/c1-5(10)13-6-3-8-7(9-4-6)14(2,11)12/h3-4H,1-2H3. The van der Waals surface area contributed by atoms with Crippen LogP contribution in [-0.2, 0) is 14.6 Å². The van der Waals surface area contributed by atoms with Gasteiger partial charge in [-0.25, -0.2) is 18.4 Å². The third-order valence-corrected chi connectivity index (χ3v) is 2.07. The molecule has 0 N–H and O–H groups in total. The van der Waals surface area contributed by atoms with E-state index in [0.29, 0.717) is 0 Å². The van der Waals surface area contributed by atoms with Crippen molar-refractivity contribution < 1.29 is 17.9 Å². The van der Waals surface area contributed by atoms with Crippen molar-refractivity contribution >= 4 is 15.8 Å². The van der Waals surface area contributed by atoms with Gasteiger partial charge in [-0.2, -0.15) is 0 Å². The third-order valence-electron chi connectivity index (χ3n) is 1.20. The summed E-state index contributed by atoms with van der Waals surface area (Å²) in [5.41, 5.74) is 0. The molecule has 0 spiro atoms. The van der Waals surface area contributed by atoms with E-state index in [0.717, 1.165) is 18.6 Å². The summed E-state index contributed by atoms with van der Waals surface area (Å²) < 4.78 is 26.5. The van der Waals surface area contributed by atoms with Gasteiger partial charge in [0.15, 0.2) is 5.75 Å². The summed E-state index contributed by atoms with van der Waals surface area (Å²) in [6, 6.07) is 0. The maximum absolute atomic E-state index is 10.9. The van der Waals surface area contributed by atoms with Crippen LogP contribution in [0.15, 0.2) is 17.6 Å². The van der Waals surface area contributed by atoms with Gasteiger partial charge in [0.2, 0.25) is 15.0 Å². The molecule has 6 nitrogen and oxygen atoms in total. The quantitative estimate of drug-likeness (QED) is 0.503. The second kappa shape index (κ2) is 3.70. The first-order valence-electron chi connectivity index (χ1n) is 3.60. The van der Waals surface area contributed by atoms with Gasteiger partial charge < -0.3 is 4.74 Å². The molecule has 0 aromatic carbocycles. The van der Waals surface area contributed by atoms with E-state index in [9.17, 15) is 13.2 Å². The fraction of sp³-hybridized carbons (Fsp3) is 0.286. The Morgan fingerprint density at radius 1 is 1.36 bits per heavy atom. The molecule has 0 fully saturated rings. The van der Waals surface area contributed by atoms with Crippen molar-refractivity contribution in [1.82, 2.24) is 9.97 Å². The monoisotopic (exact) mass is 216 g/mol. The number of carbonyl (C=O) groups is 1. The highest BCUT2D eigenvalue weighted by Gasteiger charge is 2.10. The van der Waals surface area contributed by atoms with E-state index >= 15 is 0 Å². The van der Waals surface area contributed by atoms with E-state index < -0.39 is 15.8 Å². The van der Waals surface area contributed by atoms with E-state index in [-0.39, 0.29) is 10.9 Å². The largest absolute Gasteiger partial charge is 0.423 e. The lowest BCUT2D eigenvalue weighted by molar-refractivity contribution is -0.131. The molecule has 76 valence electrons. The first kappa shape index (κ1) is 10.6. The Morgan fingerprint density at radius 3 is 2.21 bits per heavy atom. The minimum Gasteiger partial charge on any atom is -0.423 e. The van der Waals surface area contributed by atoms with Gasteiger partial charge in [0.25, 0.3) is 0 Å². The Hall–Kier alpha value is -1.50. The van der Waals surface area contributed by atoms with Crippen LogP contribution in [0.2, 0.25) is 0 Å². The van der Waals surface area contributed by atoms with Crippen molar-refractivity contribution in [3.8, 4) is 5.75 Å². The number of hydrogen-bond donors (Lipinski definition) is 0. The van der Waals surface area contributed by atoms with E-state index in [1.54, 1.807) is 0 Å². The minimum absolute atomic E-state index is 0.116. The molecule has 0 atom stereocenters. The van der Waals surface area contributed by atoms with E-state index in [1.165, 1.54) is 6.92 Å². The van der Waals surface area contributed by atoms with Crippen LogP contribution >= 0.6 is 0 Å². The highest BCUT2D eigenvalue weighted by molar-refractivity contribution is 7.90. The number of nitrogens with zero attached hydrogens (tertiary/aromatic N) is 2. The molecule has 0 saturated heterocycles. The van der Waals surface area contributed by atoms with E-state index in [2.05, 4.69) is 14.7 Å². The number of carbonyl (C=O) groups excluding carboxylic acids is 1. The molecule has 0 saturated carbocycles. The first-order valence-corrected chi connectivity index (χ1v) is 5.49. The van der Waals surface area contributed by atoms with Crippen LogP contribution < -0.4 is 4.74 Å². The molecule has 1 heterocycles. The third kappa shape index (κ3) is 2.77. The Kier molecular flexibility index (Phi) is 2.80. The molecule has 0 aliphatic carbocycles. The van der Waals surface area contributed by atoms with Crippen LogP contribution in [0.3, 0.4) is 0 Å². The average Bonchev–Trinajstić information content (AvgIpc) is 2.02. The maximum Gasteiger partial charge on any atom is 0.308 e. The molecule has 0 radical (unpaired) electrons.